The lowest BCUT2D eigenvalue weighted by molar-refractivity contribution is -0.129. The van der Waals surface area contributed by atoms with Gasteiger partial charge < -0.3 is 9.80 Å². The molecule has 0 spiro atoms. The zero-order chi connectivity index (χ0) is 14.5. The van der Waals surface area contributed by atoms with Crippen LogP contribution in [0.2, 0.25) is 0 Å². The molecule has 0 N–H and O–H groups in total. The molecule has 1 aromatic heterocycles. The third-order valence-corrected chi connectivity index (χ3v) is 3.80. The molecule has 5 heteroatoms. The van der Waals surface area contributed by atoms with Gasteiger partial charge in [-0.15, -0.1) is 0 Å². The summed E-state index contributed by atoms with van der Waals surface area (Å²) in [6, 6.07) is 5.83. The highest BCUT2D eigenvalue weighted by Gasteiger charge is 2.22. The van der Waals surface area contributed by atoms with Crippen LogP contribution in [0.5, 0.6) is 0 Å². The molecule has 2 heterocycles. The van der Waals surface area contributed by atoms with Crippen molar-refractivity contribution in [2.75, 3.05) is 32.1 Å². The lowest BCUT2D eigenvalue weighted by Gasteiger charge is -2.33. The monoisotopic (exact) mass is 272 g/mol. The Balaban J connectivity index is 1.91. The Morgan fingerprint density at radius 2 is 2.20 bits per heavy atom. The fraction of sp³-hybridized carbons (Fsp3) is 0.533. The second-order valence-corrected chi connectivity index (χ2v) is 5.43. The average molecular weight is 272 g/mol. The van der Waals surface area contributed by atoms with Crippen molar-refractivity contribution in [1.29, 1.82) is 5.26 Å². The first-order valence-corrected chi connectivity index (χ1v) is 6.91. The summed E-state index contributed by atoms with van der Waals surface area (Å²) in [5.41, 5.74) is 1.50. The van der Waals surface area contributed by atoms with Crippen molar-refractivity contribution >= 4 is 11.6 Å². The van der Waals surface area contributed by atoms with E-state index in [2.05, 4.69) is 16.0 Å². The molecule has 1 amide bonds. The van der Waals surface area contributed by atoms with Crippen molar-refractivity contribution in [3.63, 3.8) is 0 Å². The Kier molecular flexibility index (Phi) is 4.57. The van der Waals surface area contributed by atoms with Gasteiger partial charge in [0.05, 0.1) is 0 Å². The molecule has 1 aromatic rings. The Morgan fingerprint density at radius 1 is 1.50 bits per heavy atom. The van der Waals surface area contributed by atoms with Gasteiger partial charge in [0.2, 0.25) is 5.91 Å². The van der Waals surface area contributed by atoms with E-state index in [1.54, 1.807) is 25.2 Å². The third-order valence-electron chi connectivity index (χ3n) is 3.80. The van der Waals surface area contributed by atoms with Crippen LogP contribution in [0.25, 0.3) is 0 Å². The molecule has 0 unspecified atom stereocenters. The van der Waals surface area contributed by atoms with Crippen LogP contribution in [-0.2, 0) is 4.79 Å². The van der Waals surface area contributed by atoms with Crippen LogP contribution in [0.1, 0.15) is 25.0 Å². The van der Waals surface area contributed by atoms with E-state index in [4.69, 9.17) is 5.26 Å². The number of rotatable bonds is 3. The quantitative estimate of drug-likeness (QED) is 0.839. The van der Waals surface area contributed by atoms with Gasteiger partial charge in [-0.3, -0.25) is 4.79 Å². The second-order valence-electron chi connectivity index (χ2n) is 5.43. The lowest BCUT2D eigenvalue weighted by Crippen LogP contribution is -2.35. The third kappa shape index (κ3) is 3.47. The molecule has 0 saturated carbocycles. The van der Waals surface area contributed by atoms with E-state index < -0.39 is 0 Å². The number of pyridine rings is 1. The van der Waals surface area contributed by atoms with Gasteiger partial charge in [-0.25, -0.2) is 4.98 Å². The van der Waals surface area contributed by atoms with Gasteiger partial charge in [-0.1, -0.05) is 0 Å². The standard InChI is InChI=1S/C15H20N4O/c1-18(2)15(20)9-12-4-7-19(8-5-12)14-3-6-17-13(10-14)11-16/h3,6,10,12H,4-5,7-9H2,1-2H3. The van der Waals surface area contributed by atoms with E-state index in [1.165, 1.54) is 0 Å². The molecule has 0 bridgehead atoms. The maximum atomic E-state index is 11.7. The largest absolute Gasteiger partial charge is 0.371 e. The number of aromatic nitrogens is 1. The minimum absolute atomic E-state index is 0.208. The van der Waals surface area contributed by atoms with Crippen LogP contribution < -0.4 is 4.90 Å². The Bertz CT molecular complexity index is 513. The molecule has 106 valence electrons. The van der Waals surface area contributed by atoms with Crippen molar-refractivity contribution in [3.8, 4) is 6.07 Å². The number of piperidine rings is 1. The van der Waals surface area contributed by atoms with Crippen molar-refractivity contribution in [3.05, 3.63) is 24.0 Å². The Morgan fingerprint density at radius 3 is 2.80 bits per heavy atom. The van der Waals surface area contributed by atoms with Crippen molar-refractivity contribution in [1.82, 2.24) is 9.88 Å². The van der Waals surface area contributed by atoms with Crippen molar-refractivity contribution < 1.29 is 4.79 Å². The fourth-order valence-corrected chi connectivity index (χ4v) is 2.50. The summed E-state index contributed by atoms with van der Waals surface area (Å²) in [6.45, 7) is 1.86. The fourth-order valence-electron chi connectivity index (χ4n) is 2.50. The molecular formula is C15H20N4O. The maximum absolute atomic E-state index is 11.7. The molecule has 2 rings (SSSR count). The first-order valence-electron chi connectivity index (χ1n) is 6.91. The smallest absolute Gasteiger partial charge is 0.222 e. The molecule has 1 aliphatic rings. The van der Waals surface area contributed by atoms with Crippen LogP contribution in [0, 0.1) is 17.2 Å². The van der Waals surface area contributed by atoms with Gasteiger partial charge in [0.15, 0.2) is 0 Å². The first kappa shape index (κ1) is 14.3. The molecule has 1 fully saturated rings. The highest BCUT2D eigenvalue weighted by molar-refractivity contribution is 5.75. The van der Waals surface area contributed by atoms with Crippen molar-refractivity contribution in [2.24, 2.45) is 5.92 Å². The zero-order valence-electron chi connectivity index (χ0n) is 12.0. The van der Waals surface area contributed by atoms with Gasteiger partial charge in [-0.2, -0.15) is 5.26 Å². The van der Waals surface area contributed by atoms with Crippen LogP contribution in [-0.4, -0.2) is 43.0 Å². The van der Waals surface area contributed by atoms with E-state index in [-0.39, 0.29) is 5.91 Å². The van der Waals surface area contributed by atoms with Gasteiger partial charge in [0.25, 0.3) is 0 Å². The first-order chi connectivity index (χ1) is 9.60. The van der Waals surface area contributed by atoms with Gasteiger partial charge in [-0.05, 0) is 30.9 Å². The Hall–Kier alpha value is -2.09. The molecule has 0 radical (unpaired) electrons. The number of nitriles is 1. The Labute approximate surface area is 119 Å². The van der Waals surface area contributed by atoms with Crippen LogP contribution in [0.15, 0.2) is 18.3 Å². The molecule has 0 aromatic carbocycles. The lowest BCUT2D eigenvalue weighted by atomic mass is 9.93. The van der Waals surface area contributed by atoms with E-state index in [1.807, 2.05) is 12.1 Å². The van der Waals surface area contributed by atoms with Gasteiger partial charge in [0, 0.05) is 45.5 Å². The van der Waals surface area contributed by atoms with Crippen LogP contribution >= 0.6 is 0 Å². The topological polar surface area (TPSA) is 60.2 Å². The summed E-state index contributed by atoms with van der Waals surface area (Å²) in [6.07, 6.45) is 4.35. The van der Waals surface area contributed by atoms with E-state index in [0.29, 0.717) is 18.0 Å². The molecule has 5 nitrogen and oxygen atoms in total. The summed E-state index contributed by atoms with van der Waals surface area (Å²) in [7, 11) is 3.61. The summed E-state index contributed by atoms with van der Waals surface area (Å²) in [5, 5.41) is 8.88. The summed E-state index contributed by atoms with van der Waals surface area (Å²) in [5.74, 6) is 0.678. The number of carbonyl (C=O) groups excluding carboxylic acids is 1. The van der Waals surface area contributed by atoms with E-state index in [9.17, 15) is 4.79 Å². The predicted octanol–water partition coefficient (Wildman–Crippen LogP) is 1.65. The molecular weight excluding hydrogens is 252 g/mol. The number of amides is 1. The predicted molar refractivity (Wildman–Crippen MR) is 77.2 cm³/mol. The minimum Gasteiger partial charge on any atom is -0.371 e. The van der Waals surface area contributed by atoms with Gasteiger partial charge in [0.1, 0.15) is 11.8 Å². The number of carbonyl (C=O) groups is 1. The normalized spacial score (nSPS) is 15.8. The summed E-state index contributed by atoms with van der Waals surface area (Å²) in [4.78, 5) is 19.6. The summed E-state index contributed by atoms with van der Waals surface area (Å²) >= 11 is 0. The minimum atomic E-state index is 0.208. The van der Waals surface area contributed by atoms with Crippen LogP contribution in [0.3, 0.4) is 0 Å². The number of nitrogens with zero attached hydrogens (tertiary/aromatic N) is 4. The van der Waals surface area contributed by atoms with E-state index >= 15 is 0 Å². The molecule has 0 aliphatic carbocycles. The summed E-state index contributed by atoms with van der Waals surface area (Å²) < 4.78 is 0. The zero-order valence-corrected chi connectivity index (χ0v) is 12.0. The molecule has 1 saturated heterocycles. The average Bonchev–Trinajstić information content (AvgIpc) is 2.48. The highest BCUT2D eigenvalue weighted by atomic mass is 16.2. The molecule has 0 atom stereocenters. The van der Waals surface area contributed by atoms with Crippen molar-refractivity contribution in [2.45, 2.75) is 19.3 Å². The van der Waals surface area contributed by atoms with E-state index in [0.717, 1.165) is 31.6 Å². The number of anilines is 1. The number of hydrogen-bond acceptors (Lipinski definition) is 4. The number of hydrogen-bond donors (Lipinski definition) is 0. The highest BCUT2D eigenvalue weighted by Crippen LogP contribution is 2.25. The SMILES string of the molecule is CN(C)C(=O)CC1CCN(c2ccnc(C#N)c2)CC1. The van der Waals surface area contributed by atoms with Gasteiger partial charge >= 0.3 is 0 Å². The second kappa shape index (κ2) is 6.38. The molecule has 20 heavy (non-hydrogen) atoms. The van der Waals surface area contributed by atoms with Crippen LogP contribution in [0.4, 0.5) is 5.69 Å². The maximum Gasteiger partial charge on any atom is 0.222 e. The molecule has 1 aliphatic heterocycles.